The summed E-state index contributed by atoms with van der Waals surface area (Å²) in [4.78, 5) is 24.7. The van der Waals surface area contributed by atoms with E-state index in [0.717, 1.165) is 22.9 Å². The van der Waals surface area contributed by atoms with Gasteiger partial charge in [-0.2, -0.15) is 10.2 Å². The highest BCUT2D eigenvalue weighted by Gasteiger charge is 2.31. The molecule has 5 aromatic rings. The molecule has 10 heteroatoms. The topological polar surface area (TPSA) is 142 Å². The fourth-order valence-electron chi connectivity index (χ4n) is 5.14. The number of hydrogen-bond acceptors (Lipinski definition) is 7. The van der Waals surface area contributed by atoms with Gasteiger partial charge in [-0.3, -0.25) is 9.36 Å². The maximum Gasteiger partial charge on any atom is 0.277 e. The first-order valence-electron chi connectivity index (χ1n) is 13.4. The molecule has 0 fully saturated rings. The second-order valence-corrected chi connectivity index (χ2v) is 11.6. The Balaban J connectivity index is 1.64. The fraction of sp³-hybridized carbons (Fsp3) is 0.226. The van der Waals surface area contributed by atoms with Crippen molar-refractivity contribution in [2.75, 3.05) is 0 Å². The molecular formula is C31H29N5O4S. The van der Waals surface area contributed by atoms with E-state index in [4.69, 9.17) is 0 Å². The lowest BCUT2D eigenvalue weighted by atomic mass is 10.0. The number of pyridine rings is 1. The Bertz CT molecular complexity index is 1940. The van der Waals surface area contributed by atoms with Gasteiger partial charge in [-0.1, -0.05) is 44.5 Å². The molecule has 208 valence electrons. The van der Waals surface area contributed by atoms with Crippen LogP contribution in [0.2, 0.25) is 0 Å². The van der Waals surface area contributed by atoms with Gasteiger partial charge in [0.2, 0.25) is 15.7 Å². The normalized spacial score (nSPS) is 12.3. The second-order valence-electron chi connectivity index (χ2n) is 9.75. The summed E-state index contributed by atoms with van der Waals surface area (Å²) in [6, 6.07) is 18.3. The third-order valence-corrected chi connectivity index (χ3v) is 8.97. The van der Waals surface area contributed by atoms with E-state index in [1.165, 1.54) is 16.7 Å². The summed E-state index contributed by atoms with van der Waals surface area (Å²) in [5.74, 6) is -0.517. The lowest BCUT2D eigenvalue weighted by Crippen LogP contribution is -2.33. The number of H-pyrrole nitrogens is 1. The first-order valence-corrected chi connectivity index (χ1v) is 14.9. The van der Waals surface area contributed by atoms with Gasteiger partial charge < -0.3 is 10.1 Å². The van der Waals surface area contributed by atoms with Gasteiger partial charge in [0.1, 0.15) is 11.5 Å². The van der Waals surface area contributed by atoms with Crippen molar-refractivity contribution in [1.82, 2.24) is 19.5 Å². The largest absolute Gasteiger partial charge is 0.492 e. The molecule has 2 N–H and O–H groups in total. The first kappa shape index (κ1) is 27.8. The number of hydrogen-bond donors (Lipinski definition) is 2. The SMILES string of the molecule is CCCCc1nc(O)c(S(=O)(=O)c2ccc(-c3ccnc4[nH]ccc34)cc2)c(=O)n1C(CC)c1cccc(C#N)c1. The van der Waals surface area contributed by atoms with Crippen molar-refractivity contribution in [3.05, 3.63) is 100 Å². The Morgan fingerprint density at radius 1 is 1.10 bits per heavy atom. The van der Waals surface area contributed by atoms with Crippen LogP contribution < -0.4 is 5.56 Å². The summed E-state index contributed by atoms with van der Waals surface area (Å²) in [7, 11) is -4.44. The highest BCUT2D eigenvalue weighted by atomic mass is 32.2. The van der Waals surface area contributed by atoms with Crippen molar-refractivity contribution in [1.29, 1.82) is 5.26 Å². The predicted molar refractivity (Wildman–Crippen MR) is 155 cm³/mol. The quantitative estimate of drug-likeness (QED) is 0.238. The molecule has 3 aromatic heterocycles. The Morgan fingerprint density at radius 2 is 1.88 bits per heavy atom. The van der Waals surface area contributed by atoms with Crippen LogP contribution in [-0.4, -0.2) is 33.0 Å². The van der Waals surface area contributed by atoms with Gasteiger partial charge >= 0.3 is 0 Å². The molecular weight excluding hydrogens is 538 g/mol. The molecule has 0 saturated heterocycles. The zero-order valence-corrected chi connectivity index (χ0v) is 23.5. The molecule has 3 heterocycles. The lowest BCUT2D eigenvalue weighted by Gasteiger charge is -2.23. The molecule has 0 spiro atoms. The molecule has 1 unspecified atom stereocenters. The number of unbranched alkanes of at least 4 members (excludes halogenated alkanes) is 1. The smallest absolute Gasteiger partial charge is 0.277 e. The van der Waals surface area contributed by atoms with Crippen molar-refractivity contribution >= 4 is 20.9 Å². The number of sulfone groups is 1. The van der Waals surface area contributed by atoms with Crippen LogP contribution in [0, 0.1) is 11.3 Å². The standard InChI is InChI=1S/C31H29N5O4S/c1-3-5-9-27-35-30(37)28(31(38)36(27)26(4-2)22-8-6-7-20(18-22)19-32)41(39,40)23-12-10-21(11-13-23)24-14-16-33-29-25(24)15-17-34-29/h6-8,10-18,26,37H,3-5,9H2,1-2H3,(H,33,34). The Labute approximate surface area is 237 Å². The van der Waals surface area contributed by atoms with Crippen LogP contribution in [0.4, 0.5) is 0 Å². The van der Waals surface area contributed by atoms with Crippen molar-refractivity contribution in [2.45, 2.75) is 55.4 Å². The van der Waals surface area contributed by atoms with Gasteiger partial charge in [0.15, 0.2) is 4.90 Å². The van der Waals surface area contributed by atoms with Gasteiger partial charge in [-0.05, 0) is 65.9 Å². The average molecular weight is 568 g/mol. The van der Waals surface area contributed by atoms with Crippen LogP contribution >= 0.6 is 0 Å². The monoisotopic (exact) mass is 567 g/mol. The number of aromatic nitrogens is 4. The van der Waals surface area contributed by atoms with E-state index < -0.39 is 32.2 Å². The summed E-state index contributed by atoms with van der Waals surface area (Å²) in [6.07, 6.45) is 5.77. The molecule has 5 rings (SSSR count). The zero-order valence-electron chi connectivity index (χ0n) is 22.7. The minimum atomic E-state index is -4.44. The number of aromatic hydroxyl groups is 1. The number of rotatable bonds is 9. The first-order chi connectivity index (χ1) is 19.8. The van der Waals surface area contributed by atoms with Crippen LogP contribution in [0.25, 0.3) is 22.2 Å². The van der Waals surface area contributed by atoms with Gasteiger partial charge in [-0.25, -0.2) is 13.4 Å². The van der Waals surface area contributed by atoms with Gasteiger partial charge in [0, 0.05) is 24.2 Å². The fourth-order valence-corrected chi connectivity index (χ4v) is 6.49. The molecule has 0 bridgehead atoms. The molecule has 0 saturated carbocycles. The summed E-state index contributed by atoms with van der Waals surface area (Å²) in [6.45, 7) is 3.87. The lowest BCUT2D eigenvalue weighted by molar-refractivity contribution is 0.406. The van der Waals surface area contributed by atoms with E-state index in [1.54, 1.807) is 48.8 Å². The minimum Gasteiger partial charge on any atom is -0.492 e. The van der Waals surface area contributed by atoms with Crippen molar-refractivity contribution < 1.29 is 13.5 Å². The Hall–Kier alpha value is -4.75. The Kier molecular flexibility index (Phi) is 7.72. The number of aromatic amines is 1. The summed E-state index contributed by atoms with van der Waals surface area (Å²) in [5, 5.41) is 21.2. The van der Waals surface area contributed by atoms with Crippen LogP contribution in [0.1, 0.15) is 56.1 Å². The van der Waals surface area contributed by atoms with Crippen molar-refractivity contribution in [3.63, 3.8) is 0 Å². The molecule has 0 aliphatic rings. The predicted octanol–water partition coefficient (Wildman–Crippen LogP) is 5.54. The molecule has 0 amide bonds. The highest BCUT2D eigenvalue weighted by Crippen LogP contribution is 2.32. The number of nitriles is 1. The van der Waals surface area contributed by atoms with E-state index in [9.17, 15) is 23.6 Å². The summed E-state index contributed by atoms with van der Waals surface area (Å²) in [5.41, 5.74) is 2.62. The van der Waals surface area contributed by atoms with Crippen LogP contribution in [-0.2, 0) is 16.3 Å². The minimum absolute atomic E-state index is 0.137. The molecule has 0 radical (unpaired) electrons. The number of benzene rings is 2. The molecule has 2 aromatic carbocycles. The number of nitrogens with one attached hydrogen (secondary N) is 1. The van der Waals surface area contributed by atoms with E-state index in [2.05, 4.69) is 21.0 Å². The molecule has 41 heavy (non-hydrogen) atoms. The third-order valence-electron chi connectivity index (χ3n) is 7.19. The maximum atomic E-state index is 14.0. The average Bonchev–Trinajstić information content (AvgIpc) is 3.47. The maximum absolute atomic E-state index is 14.0. The third kappa shape index (κ3) is 5.12. The number of aryl methyl sites for hydroxylation is 1. The molecule has 0 aliphatic heterocycles. The van der Waals surface area contributed by atoms with Crippen LogP contribution in [0.15, 0.2) is 87.6 Å². The van der Waals surface area contributed by atoms with E-state index >= 15 is 0 Å². The van der Waals surface area contributed by atoms with E-state index in [-0.39, 0.29) is 4.90 Å². The van der Waals surface area contributed by atoms with Crippen LogP contribution in [0.3, 0.4) is 0 Å². The molecule has 0 aliphatic carbocycles. The van der Waals surface area contributed by atoms with Gasteiger partial charge in [0.05, 0.1) is 22.6 Å². The second kappa shape index (κ2) is 11.4. The zero-order chi connectivity index (χ0) is 29.1. The molecule has 9 nitrogen and oxygen atoms in total. The van der Waals surface area contributed by atoms with Gasteiger partial charge in [0.25, 0.3) is 5.56 Å². The number of nitrogens with zero attached hydrogens (tertiary/aromatic N) is 4. The molecule has 1 atom stereocenters. The highest BCUT2D eigenvalue weighted by molar-refractivity contribution is 7.91. The van der Waals surface area contributed by atoms with E-state index in [0.29, 0.717) is 41.9 Å². The number of fused-ring (bicyclic) bond motifs is 1. The summed E-state index contributed by atoms with van der Waals surface area (Å²) < 4.78 is 29.1. The summed E-state index contributed by atoms with van der Waals surface area (Å²) >= 11 is 0. The van der Waals surface area contributed by atoms with Crippen molar-refractivity contribution in [2.24, 2.45) is 0 Å². The van der Waals surface area contributed by atoms with Crippen LogP contribution in [0.5, 0.6) is 5.88 Å². The Morgan fingerprint density at radius 3 is 2.59 bits per heavy atom. The van der Waals surface area contributed by atoms with E-state index in [1.807, 2.05) is 26.0 Å². The van der Waals surface area contributed by atoms with Gasteiger partial charge in [-0.15, -0.1) is 0 Å². The van der Waals surface area contributed by atoms with Crippen molar-refractivity contribution in [3.8, 4) is 23.1 Å².